The predicted octanol–water partition coefficient (Wildman–Crippen LogP) is 1.40. The zero-order valence-electron chi connectivity index (χ0n) is 14.2. The van der Waals surface area contributed by atoms with Crippen LogP contribution in [0.25, 0.3) is 0 Å². The van der Waals surface area contributed by atoms with Crippen molar-refractivity contribution in [3.8, 4) is 5.75 Å². The van der Waals surface area contributed by atoms with Crippen molar-refractivity contribution >= 4 is 5.91 Å². The summed E-state index contributed by atoms with van der Waals surface area (Å²) in [6.07, 6.45) is 0.997. The lowest BCUT2D eigenvalue weighted by Gasteiger charge is -2.20. The van der Waals surface area contributed by atoms with Gasteiger partial charge in [0, 0.05) is 53.2 Å². The van der Waals surface area contributed by atoms with E-state index >= 15 is 0 Å². The maximum Gasteiger partial charge on any atom is 0.226 e. The van der Waals surface area contributed by atoms with Gasteiger partial charge in [-0.2, -0.15) is 0 Å². The minimum atomic E-state index is 0.0303. The Labute approximate surface area is 138 Å². The summed E-state index contributed by atoms with van der Waals surface area (Å²) in [5, 5.41) is 0. The first kappa shape index (κ1) is 16.3. The van der Waals surface area contributed by atoms with Gasteiger partial charge in [0.05, 0.1) is 19.1 Å². The van der Waals surface area contributed by atoms with Crippen LogP contribution in [0.15, 0.2) is 18.2 Å². The van der Waals surface area contributed by atoms with Gasteiger partial charge in [-0.15, -0.1) is 0 Å². The maximum atomic E-state index is 12.4. The number of benzene rings is 1. The molecule has 5 heteroatoms. The number of methoxy groups -OCH3 is 1. The van der Waals surface area contributed by atoms with Gasteiger partial charge in [-0.3, -0.25) is 9.69 Å². The summed E-state index contributed by atoms with van der Waals surface area (Å²) in [6, 6.07) is 6.45. The van der Waals surface area contributed by atoms with Crippen LogP contribution in [0, 0.1) is 11.8 Å². The number of hydrogen-bond acceptors (Lipinski definition) is 4. The van der Waals surface area contributed by atoms with E-state index in [1.807, 2.05) is 14.1 Å². The number of carbonyl (C=O) groups excluding carboxylic acids is 1. The molecule has 2 atom stereocenters. The molecule has 1 aromatic carbocycles. The molecule has 2 aliphatic heterocycles. The highest BCUT2D eigenvalue weighted by Gasteiger charge is 2.38. The normalized spacial score (nSPS) is 23.6. The molecule has 0 unspecified atom stereocenters. The van der Waals surface area contributed by atoms with Gasteiger partial charge in [0.2, 0.25) is 5.91 Å². The third-order valence-corrected chi connectivity index (χ3v) is 4.82. The van der Waals surface area contributed by atoms with E-state index in [9.17, 15) is 4.79 Å². The molecule has 0 aliphatic carbocycles. The van der Waals surface area contributed by atoms with Crippen molar-refractivity contribution in [1.29, 1.82) is 0 Å². The van der Waals surface area contributed by atoms with Gasteiger partial charge in [-0.05, 0) is 17.2 Å². The van der Waals surface area contributed by atoms with Gasteiger partial charge in [-0.1, -0.05) is 12.1 Å². The molecule has 3 rings (SSSR count). The number of carbonyl (C=O) groups is 1. The van der Waals surface area contributed by atoms with Crippen LogP contribution in [0.2, 0.25) is 0 Å². The number of nitrogens with zero attached hydrogens (tertiary/aromatic N) is 2. The lowest BCUT2D eigenvalue weighted by Crippen LogP contribution is -2.35. The Morgan fingerprint density at radius 2 is 2.22 bits per heavy atom. The van der Waals surface area contributed by atoms with Crippen molar-refractivity contribution in [3.05, 3.63) is 29.3 Å². The van der Waals surface area contributed by atoms with Crippen LogP contribution in [-0.4, -0.2) is 63.2 Å². The second-order valence-electron chi connectivity index (χ2n) is 6.79. The summed E-state index contributed by atoms with van der Waals surface area (Å²) >= 11 is 0. The standard InChI is InChI=1S/C18H26N2O3/c1-19(2)18(21)16-11-20(10-15(16)12-22-3)9-13-4-5-17-14(8-13)6-7-23-17/h4-5,8,15-16H,6-7,9-12H2,1-3H3/t15-,16+/m0/s1. The highest BCUT2D eigenvalue weighted by Crippen LogP contribution is 2.29. The number of ether oxygens (including phenoxy) is 2. The first-order chi connectivity index (χ1) is 11.1. The molecule has 126 valence electrons. The number of fused-ring (bicyclic) bond motifs is 1. The Balaban J connectivity index is 1.68. The first-order valence-electron chi connectivity index (χ1n) is 8.25. The Morgan fingerprint density at radius 3 is 2.96 bits per heavy atom. The molecule has 1 saturated heterocycles. The summed E-state index contributed by atoms with van der Waals surface area (Å²) in [7, 11) is 5.37. The lowest BCUT2D eigenvalue weighted by atomic mass is 9.96. The van der Waals surface area contributed by atoms with E-state index in [1.54, 1.807) is 12.0 Å². The molecule has 1 amide bonds. The molecule has 0 bridgehead atoms. The summed E-state index contributed by atoms with van der Waals surface area (Å²) in [4.78, 5) is 16.5. The molecular weight excluding hydrogens is 292 g/mol. The second kappa shape index (κ2) is 6.89. The Hall–Kier alpha value is -1.59. The molecule has 1 fully saturated rings. The average Bonchev–Trinajstić information content (AvgIpc) is 3.13. The quantitative estimate of drug-likeness (QED) is 0.823. The van der Waals surface area contributed by atoms with Crippen LogP contribution >= 0.6 is 0 Å². The first-order valence-corrected chi connectivity index (χ1v) is 8.25. The van der Waals surface area contributed by atoms with Crippen LogP contribution in [0.4, 0.5) is 0 Å². The van der Waals surface area contributed by atoms with E-state index in [0.717, 1.165) is 38.4 Å². The Bertz CT molecular complexity index is 573. The highest BCUT2D eigenvalue weighted by molar-refractivity contribution is 5.79. The van der Waals surface area contributed by atoms with Crippen molar-refractivity contribution in [2.24, 2.45) is 11.8 Å². The fraction of sp³-hybridized carbons (Fsp3) is 0.611. The third-order valence-electron chi connectivity index (χ3n) is 4.82. The highest BCUT2D eigenvalue weighted by atomic mass is 16.5. The minimum absolute atomic E-state index is 0.0303. The molecule has 5 nitrogen and oxygen atoms in total. The van der Waals surface area contributed by atoms with E-state index < -0.39 is 0 Å². The van der Waals surface area contributed by atoms with Gasteiger partial charge >= 0.3 is 0 Å². The smallest absolute Gasteiger partial charge is 0.226 e. The summed E-state index contributed by atoms with van der Waals surface area (Å²) < 4.78 is 10.9. The Morgan fingerprint density at radius 1 is 1.39 bits per heavy atom. The van der Waals surface area contributed by atoms with Crippen molar-refractivity contribution in [3.63, 3.8) is 0 Å². The van der Waals surface area contributed by atoms with E-state index in [4.69, 9.17) is 9.47 Å². The largest absolute Gasteiger partial charge is 0.493 e. The van der Waals surface area contributed by atoms with Crippen LogP contribution < -0.4 is 4.74 Å². The number of rotatable bonds is 5. The zero-order valence-corrected chi connectivity index (χ0v) is 14.2. The van der Waals surface area contributed by atoms with Crippen LogP contribution in [0.5, 0.6) is 5.75 Å². The van der Waals surface area contributed by atoms with Gasteiger partial charge in [-0.25, -0.2) is 0 Å². The number of amides is 1. The summed E-state index contributed by atoms with van der Waals surface area (Å²) in [5.74, 6) is 1.53. The average molecular weight is 318 g/mol. The summed E-state index contributed by atoms with van der Waals surface area (Å²) in [6.45, 7) is 4.02. The SMILES string of the molecule is COC[C@@H]1CN(Cc2ccc3c(c2)CCO3)C[C@H]1C(=O)N(C)C. The van der Waals surface area contributed by atoms with Gasteiger partial charge in [0.15, 0.2) is 0 Å². The van der Waals surface area contributed by atoms with Gasteiger partial charge in [0.25, 0.3) is 0 Å². The van der Waals surface area contributed by atoms with E-state index in [0.29, 0.717) is 6.61 Å². The lowest BCUT2D eigenvalue weighted by molar-refractivity contribution is -0.134. The molecule has 0 N–H and O–H groups in total. The fourth-order valence-electron chi connectivity index (χ4n) is 3.68. The van der Waals surface area contributed by atoms with Crippen molar-refractivity contribution in [1.82, 2.24) is 9.80 Å². The molecular formula is C18H26N2O3. The topological polar surface area (TPSA) is 42.0 Å². The predicted molar refractivity (Wildman–Crippen MR) is 88.5 cm³/mol. The van der Waals surface area contributed by atoms with Gasteiger partial charge in [0.1, 0.15) is 5.75 Å². The number of likely N-dealkylation sites (tertiary alicyclic amines) is 1. The van der Waals surface area contributed by atoms with Crippen molar-refractivity contribution in [2.75, 3.05) is 47.5 Å². The molecule has 2 aliphatic rings. The number of hydrogen-bond donors (Lipinski definition) is 0. The van der Waals surface area contributed by atoms with E-state index in [2.05, 4.69) is 23.1 Å². The van der Waals surface area contributed by atoms with E-state index in [-0.39, 0.29) is 17.7 Å². The molecule has 2 heterocycles. The molecule has 0 saturated carbocycles. The molecule has 1 aromatic rings. The van der Waals surface area contributed by atoms with Crippen molar-refractivity contribution < 1.29 is 14.3 Å². The minimum Gasteiger partial charge on any atom is -0.493 e. The van der Waals surface area contributed by atoms with Crippen LogP contribution in [0.3, 0.4) is 0 Å². The third kappa shape index (κ3) is 3.51. The van der Waals surface area contributed by atoms with Crippen LogP contribution in [0.1, 0.15) is 11.1 Å². The second-order valence-corrected chi connectivity index (χ2v) is 6.79. The Kier molecular flexibility index (Phi) is 4.87. The van der Waals surface area contributed by atoms with Crippen molar-refractivity contribution in [2.45, 2.75) is 13.0 Å². The monoisotopic (exact) mass is 318 g/mol. The molecule has 23 heavy (non-hydrogen) atoms. The van der Waals surface area contributed by atoms with E-state index in [1.165, 1.54) is 11.1 Å². The van der Waals surface area contributed by atoms with Gasteiger partial charge < -0.3 is 14.4 Å². The van der Waals surface area contributed by atoms with Crippen LogP contribution in [-0.2, 0) is 22.5 Å². The maximum absolute atomic E-state index is 12.4. The fourth-order valence-corrected chi connectivity index (χ4v) is 3.68. The zero-order chi connectivity index (χ0) is 16.4. The summed E-state index contributed by atoms with van der Waals surface area (Å²) in [5.41, 5.74) is 2.60. The molecule has 0 radical (unpaired) electrons. The molecule has 0 aromatic heterocycles. The molecule has 0 spiro atoms.